The van der Waals surface area contributed by atoms with Crippen molar-refractivity contribution in [3.05, 3.63) is 45.9 Å². The zero-order valence-electron chi connectivity index (χ0n) is 12.1. The maximum atomic E-state index is 12.2. The van der Waals surface area contributed by atoms with E-state index in [2.05, 4.69) is 27.8 Å². The fourth-order valence-corrected chi connectivity index (χ4v) is 3.22. The van der Waals surface area contributed by atoms with Gasteiger partial charge in [-0.05, 0) is 36.6 Å². The van der Waals surface area contributed by atoms with E-state index >= 15 is 0 Å². The lowest BCUT2D eigenvalue weighted by atomic mass is 9.95. The van der Waals surface area contributed by atoms with Gasteiger partial charge in [0, 0.05) is 35.0 Å². The van der Waals surface area contributed by atoms with Crippen molar-refractivity contribution < 1.29 is 9.59 Å². The molecule has 6 heteroatoms. The van der Waals surface area contributed by atoms with Gasteiger partial charge in [-0.1, -0.05) is 40.2 Å². The summed E-state index contributed by atoms with van der Waals surface area (Å²) in [7, 11) is 0. The predicted molar refractivity (Wildman–Crippen MR) is 90.5 cm³/mol. The highest BCUT2D eigenvalue weighted by Gasteiger charge is 2.26. The lowest BCUT2D eigenvalue weighted by Gasteiger charge is -2.30. The lowest BCUT2D eigenvalue weighted by Crippen LogP contribution is -2.42. The van der Waals surface area contributed by atoms with Crippen LogP contribution in [0.5, 0.6) is 0 Å². The van der Waals surface area contributed by atoms with E-state index in [0.29, 0.717) is 37.5 Å². The standard InChI is InChI=1S/C16H18BrClN2O2/c1-2-15(21)20-7-5-11(6-8-20)16(22)19-10-12-3-4-13(17)9-14(12)18/h2-4,9,11H,1,5-8,10H2,(H,19,22). The van der Waals surface area contributed by atoms with Gasteiger partial charge in [-0.2, -0.15) is 0 Å². The Morgan fingerprint density at radius 1 is 1.41 bits per heavy atom. The van der Waals surface area contributed by atoms with Gasteiger partial charge in [0.1, 0.15) is 0 Å². The second kappa shape index (κ2) is 7.79. The molecular formula is C16H18BrClN2O2. The van der Waals surface area contributed by atoms with Gasteiger partial charge in [0.2, 0.25) is 11.8 Å². The summed E-state index contributed by atoms with van der Waals surface area (Å²) in [6.45, 7) is 5.09. The van der Waals surface area contributed by atoms with Crippen molar-refractivity contribution in [1.82, 2.24) is 10.2 Å². The molecule has 1 heterocycles. The number of amides is 2. The highest BCUT2D eigenvalue weighted by molar-refractivity contribution is 9.10. The minimum Gasteiger partial charge on any atom is -0.352 e. The molecule has 1 aromatic rings. The molecule has 0 aliphatic carbocycles. The third-order valence-electron chi connectivity index (χ3n) is 3.82. The van der Waals surface area contributed by atoms with Gasteiger partial charge in [-0.15, -0.1) is 0 Å². The minimum absolute atomic E-state index is 0.0182. The molecule has 0 atom stereocenters. The largest absolute Gasteiger partial charge is 0.352 e. The first-order valence-electron chi connectivity index (χ1n) is 7.14. The Morgan fingerprint density at radius 3 is 2.68 bits per heavy atom. The number of carbonyl (C=O) groups excluding carboxylic acids is 2. The number of benzene rings is 1. The van der Waals surface area contributed by atoms with Crippen LogP contribution in [-0.4, -0.2) is 29.8 Å². The Bertz CT molecular complexity index is 584. The molecule has 0 bridgehead atoms. The highest BCUT2D eigenvalue weighted by atomic mass is 79.9. The van der Waals surface area contributed by atoms with Gasteiger partial charge < -0.3 is 10.2 Å². The van der Waals surface area contributed by atoms with Crippen LogP contribution in [0.2, 0.25) is 5.02 Å². The first-order valence-corrected chi connectivity index (χ1v) is 8.31. The molecule has 1 aliphatic rings. The Kier molecular flexibility index (Phi) is 6.03. The zero-order chi connectivity index (χ0) is 16.1. The quantitative estimate of drug-likeness (QED) is 0.810. The van der Waals surface area contributed by atoms with Gasteiger partial charge in [0.05, 0.1) is 0 Å². The predicted octanol–water partition coefficient (Wildman–Crippen LogP) is 3.14. The van der Waals surface area contributed by atoms with Crippen molar-refractivity contribution >= 4 is 39.3 Å². The van der Waals surface area contributed by atoms with Crippen LogP contribution in [0.1, 0.15) is 18.4 Å². The first kappa shape index (κ1) is 17.0. The topological polar surface area (TPSA) is 49.4 Å². The average molecular weight is 386 g/mol. The fourth-order valence-electron chi connectivity index (χ4n) is 2.48. The molecule has 1 saturated heterocycles. The van der Waals surface area contributed by atoms with Crippen LogP contribution >= 0.6 is 27.5 Å². The third kappa shape index (κ3) is 4.34. The van der Waals surface area contributed by atoms with Crippen molar-refractivity contribution in [2.24, 2.45) is 5.92 Å². The van der Waals surface area contributed by atoms with E-state index < -0.39 is 0 Å². The highest BCUT2D eigenvalue weighted by Crippen LogP contribution is 2.22. The van der Waals surface area contributed by atoms with Crippen molar-refractivity contribution in [2.45, 2.75) is 19.4 Å². The molecule has 1 fully saturated rings. The number of nitrogens with zero attached hydrogens (tertiary/aromatic N) is 1. The van der Waals surface area contributed by atoms with Crippen molar-refractivity contribution in [3.63, 3.8) is 0 Å². The van der Waals surface area contributed by atoms with Crippen LogP contribution < -0.4 is 5.32 Å². The number of hydrogen-bond donors (Lipinski definition) is 1. The molecule has 0 radical (unpaired) electrons. The van der Waals surface area contributed by atoms with Crippen LogP contribution in [0.3, 0.4) is 0 Å². The molecule has 1 aromatic carbocycles. The molecule has 4 nitrogen and oxygen atoms in total. The molecule has 0 unspecified atom stereocenters. The Labute approximate surface area is 143 Å². The maximum Gasteiger partial charge on any atom is 0.245 e. The molecule has 2 amide bonds. The lowest BCUT2D eigenvalue weighted by molar-refractivity contribution is -0.132. The summed E-state index contributed by atoms with van der Waals surface area (Å²) in [5.74, 6) is -0.103. The summed E-state index contributed by atoms with van der Waals surface area (Å²) in [6.07, 6.45) is 2.68. The molecule has 22 heavy (non-hydrogen) atoms. The molecule has 0 saturated carbocycles. The van der Waals surface area contributed by atoms with Crippen molar-refractivity contribution in [1.29, 1.82) is 0 Å². The third-order valence-corrected chi connectivity index (χ3v) is 4.67. The van der Waals surface area contributed by atoms with E-state index in [1.807, 2.05) is 18.2 Å². The first-order chi connectivity index (χ1) is 10.5. The summed E-state index contributed by atoms with van der Waals surface area (Å²) in [5, 5.41) is 3.55. The SMILES string of the molecule is C=CC(=O)N1CCC(C(=O)NCc2ccc(Br)cc2Cl)CC1. The molecule has 0 aromatic heterocycles. The van der Waals surface area contributed by atoms with Gasteiger partial charge in [0.25, 0.3) is 0 Å². The maximum absolute atomic E-state index is 12.2. The zero-order valence-corrected chi connectivity index (χ0v) is 14.5. The van der Waals surface area contributed by atoms with E-state index in [4.69, 9.17) is 11.6 Å². The van der Waals surface area contributed by atoms with Crippen LogP contribution in [0.15, 0.2) is 35.3 Å². The second-order valence-electron chi connectivity index (χ2n) is 5.26. The fraction of sp³-hybridized carbons (Fsp3) is 0.375. The molecular weight excluding hydrogens is 368 g/mol. The van der Waals surface area contributed by atoms with Gasteiger partial charge in [0.15, 0.2) is 0 Å². The van der Waals surface area contributed by atoms with Crippen molar-refractivity contribution in [3.8, 4) is 0 Å². The Balaban J connectivity index is 1.83. The Morgan fingerprint density at radius 2 is 2.09 bits per heavy atom. The molecule has 1 N–H and O–H groups in total. The average Bonchev–Trinajstić information content (AvgIpc) is 2.53. The molecule has 2 rings (SSSR count). The smallest absolute Gasteiger partial charge is 0.245 e. The van der Waals surface area contributed by atoms with Crippen LogP contribution in [0.25, 0.3) is 0 Å². The number of piperidine rings is 1. The molecule has 118 valence electrons. The molecule has 0 spiro atoms. The van der Waals surface area contributed by atoms with E-state index in [0.717, 1.165) is 10.0 Å². The normalized spacial score (nSPS) is 15.5. The number of likely N-dealkylation sites (tertiary alicyclic amines) is 1. The summed E-state index contributed by atoms with van der Waals surface area (Å²) in [4.78, 5) is 25.4. The summed E-state index contributed by atoms with van der Waals surface area (Å²) in [5.41, 5.74) is 0.887. The molecule has 1 aliphatic heterocycles. The van der Waals surface area contributed by atoms with Crippen LogP contribution in [-0.2, 0) is 16.1 Å². The van der Waals surface area contributed by atoms with Crippen LogP contribution in [0, 0.1) is 5.92 Å². The monoisotopic (exact) mass is 384 g/mol. The number of carbonyl (C=O) groups is 2. The van der Waals surface area contributed by atoms with Gasteiger partial charge >= 0.3 is 0 Å². The summed E-state index contributed by atoms with van der Waals surface area (Å²) < 4.78 is 0.909. The summed E-state index contributed by atoms with van der Waals surface area (Å²) >= 11 is 9.48. The van der Waals surface area contributed by atoms with E-state index in [9.17, 15) is 9.59 Å². The van der Waals surface area contributed by atoms with Crippen LogP contribution in [0.4, 0.5) is 0 Å². The number of hydrogen-bond acceptors (Lipinski definition) is 2. The van der Waals surface area contributed by atoms with Crippen molar-refractivity contribution in [2.75, 3.05) is 13.1 Å². The second-order valence-corrected chi connectivity index (χ2v) is 6.58. The Hall–Kier alpha value is -1.33. The summed E-state index contributed by atoms with van der Waals surface area (Å²) in [6, 6.07) is 5.59. The number of halogens is 2. The van der Waals surface area contributed by atoms with E-state index in [1.54, 1.807) is 4.90 Å². The van der Waals surface area contributed by atoms with E-state index in [-0.39, 0.29) is 17.7 Å². The number of nitrogens with one attached hydrogen (secondary N) is 1. The van der Waals surface area contributed by atoms with Gasteiger partial charge in [-0.25, -0.2) is 0 Å². The number of rotatable bonds is 4. The minimum atomic E-state index is -0.0690. The van der Waals surface area contributed by atoms with E-state index in [1.165, 1.54) is 6.08 Å². The van der Waals surface area contributed by atoms with Gasteiger partial charge in [-0.3, -0.25) is 9.59 Å².